The number of halogens is 1. The van der Waals surface area contributed by atoms with E-state index in [1.807, 2.05) is 30.3 Å². The zero-order chi connectivity index (χ0) is 20.5. The molecule has 1 heterocycles. The highest BCUT2D eigenvalue weighted by Gasteiger charge is 2.11. The van der Waals surface area contributed by atoms with Gasteiger partial charge in [-0.2, -0.15) is 0 Å². The van der Waals surface area contributed by atoms with Crippen LogP contribution < -0.4 is 10.1 Å². The fraction of sp³-hybridized carbons (Fsp3) is 0.190. The second-order valence-corrected chi connectivity index (χ2v) is 7.45. The molecule has 6 nitrogen and oxygen atoms in total. The summed E-state index contributed by atoms with van der Waals surface area (Å²) in [5.41, 5.74) is 1.52. The first kappa shape index (κ1) is 20.8. The van der Waals surface area contributed by atoms with Gasteiger partial charge in [0.1, 0.15) is 30.5 Å². The maximum Gasteiger partial charge on any atom is 0.325 e. The number of nitrogens with zero attached hydrogens (tertiary/aromatic N) is 1. The molecule has 2 aromatic carbocycles. The van der Waals surface area contributed by atoms with Gasteiger partial charge in [0.2, 0.25) is 5.91 Å². The molecular formula is C21H19ClN2O4S. The summed E-state index contributed by atoms with van der Waals surface area (Å²) in [7, 11) is 0. The van der Waals surface area contributed by atoms with Gasteiger partial charge in [0.15, 0.2) is 0 Å². The third-order valence-electron chi connectivity index (χ3n) is 3.79. The molecule has 29 heavy (non-hydrogen) atoms. The molecule has 0 aliphatic carbocycles. The molecule has 0 spiro atoms. The SMILES string of the molecule is O=C(Cc1csc(COc2ccc(Cl)cc2)n1)NCC(=O)OCc1ccccc1. The van der Waals surface area contributed by atoms with Gasteiger partial charge in [-0.1, -0.05) is 41.9 Å². The zero-order valence-electron chi connectivity index (χ0n) is 15.5. The van der Waals surface area contributed by atoms with E-state index < -0.39 is 5.97 Å². The Labute approximate surface area is 177 Å². The highest BCUT2D eigenvalue weighted by molar-refractivity contribution is 7.09. The largest absolute Gasteiger partial charge is 0.486 e. The molecule has 0 radical (unpaired) electrons. The van der Waals surface area contributed by atoms with Crippen molar-refractivity contribution in [1.82, 2.24) is 10.3 Å². The minimum Gasteiger partial charge on any atom is -0.486 e. The van der Waals surface area contributed by atoms with Crippen molar-refractivity contribution in [2.45, 2.75) is 19.6 Å². The van der Waals surface area contributed by atoms with Crippen LogP contribution in [-0.2, 0) is 34.0 Å². The van der Waals surface area contributed by atoms with Crippen LogP contribution in [0.3, 0.4) is 0 Å². The Kier molecular flexibility index (Phi) is 7.61. The lowest BCUT2D eigenvalue weighted by molar-refractivity contribution is -0.145. The summed E-state index contributed by atoms with van der Waals surface area (Å²) < 4.78 is 10.8. The number of carbonyl (C=O) groups excluding carboxylic acids is 2. The standard InChI is InChI=1S/C21H19ClN2O4S/c22-16-6-8-18(9-7-16)27-13-20-24-17(14-29-20)10-19(25)23-11-21(26)28-12-15-4-2-1-3-5-15/h1-9,14H,10-13H2,(H,23,25). The Balaban J connectivity index is 1.37. The van der Waals surface area contributed by atoms with Crippen molar-refractivity contribution in [2.75, 3.05) is 6.54 Å². The first-order valence-corrected chi connectivity index (χ1v) is 10.1. The molecule has 0 unspecified atom stereocenters. The van der Waals surface area contributed by atoms with Gasteiger partial charge in [0, 0.05) is 10.4 Å². The molecule has 1 N–H and O–H groups in total. The molecule has 1 amide bonds. The number of nitrogens with one attached hydrogen (secondary N) is 1. The van der Waals surface area contributed by atoms with Crippen LogP contribution in [0.2, 0.25) is 5.02 Å². The first-order valence-electron chi connectivity index (χ1n) is 8.86. The van der Waals surface area contributed by atoms with Crippen molar-refractivity contribution in [3.8, 4) is 5.75 Å². The number of carbonyl (C=O) groups is 2. The van der Waals surface area contributed by atoms with Gasteiger partial charge in [0.25, 0.3) is 0 Å². The molecule has 150 valence electrons. The Hall–Kier alpha value is -2.90. The lowest BCUT2D eigenvalue weighted by Gasteiger charge is -2.06. The number of amides is 1. The van der Waals surface area contributed by atoms with E-state index >= 15 is 0 Å². The fourth-order valence-corrected chi connectivity index (χ4v) is 3.19. The number of esters is 1. The summed E-state index contributed by atoms with van der Waals surface area (Å²) in [6.07, 6.45) is 0.0867. The summed E-state index contributed by atoms with van der Waals surface area (Å²) in [5, 5.41) is 5.74. The van der Waals surface area contributed by atoms with E-state index in [1.165, 1.54) is 11.3 Å². The Morgan fingerprint density at radius 3 is 2.55 bits per heavy atom. The average molecular weight is 431 g/mol. The maximum absolute atomic E-state index is 12.0. The van der Waals surface area contributed by atoms with Crippen molar-refractivity contribution in [3.05, 3.63) is 81.3 Å². The van der Waals surface area contributed by atoms with Crippen LogP contribution in [0.4, 0.5) is 0 Å². The molecular weight excluding hydrogens is 412 g/mol. The van der Waals surface area contributed by atoms with Crippen LogP contribution >= 0.6 is 22.9 Å². The number of thiazole rings is 1. The van der Waals surface area contributed by atoms with Crippen molar-refractivity contribution >= 4 is 34.8 Å². The first-order chi connectivity index (χ1) is 14.1. The summed E-state index contributed by atoms with van der Waals surface area (Å²) in [6.45, 7) is 0.306. The summed E-state index contributed by atoms with van der Waals surface area (Å²) in [6, 6.07) is 16.4. The minimum absolute atomic E-state index is 0.0867. The van der Waals surface area contributed by atoms with Gasteiger partial charge in [-0.15, -0.1) is 11.3 Å². The Morgan fingerprint density at radius 1 is 1.03 bits per heavy atom. The molecule has 0 atom stereocenters. The fourth-order valence-electron chi connectivity index (χ4n) is 2.36. The van der Waals surface area contributed by atoms with Crippen LogP contribution in [-0.4, -0.2) is 23.4 Å². The predicted octanol–water partition coefficient (Wildman–Crippen LogP) is 3.78. The monoisotopic (exact) mass is 430 g/mol. The van der Waals surface area contributed by atoms with Crippen LogP contribution in [0.5, 0.6) is 5.75 Å². The van der Waals surface area contributed by atoms with Gasteiger partial charge in [0.05, 0.1) is 12.1 Å². The van der Waals surface area contributed by atoms with E-state index in [0.717, 1.165) is 10.6 Å². The normalized spacial score (nSPS) is 10.4. The Bertz CT molecular complexity index is 945. The highest BCUT2D eigenvalue weighted by Crippen LogP contribution is 2.18. The van der Waals surface area contributed by atoms with Gasteiger partial charge in [-0.25, -0.2) is 4.98 Å². The lowest BCUT2D eigenvalue weighted by atomic mass is 10.2. The number of hydrogen-bond donors (Lipinski definition) is 1. The van der Waals surface area contributed by atoms with Crippen LogP contribution in [0, 0.1) is 0 Å². The van der Waals surface area contributed by atoms with E-state index in [2.05, 4.69) is 10.3 Å². The summed E-state index contributed by atoms with van der Waals surface area (Å²) in [4.78, 5) is 28.1. The molecule has 0 saturated carbocycles. The number of aromatic nitrogens is 1. The van der Waals surface area contributed by atoms with Gasteiger partial charge in [-0.3, -0.25) is 9.59 Å². The third kappa shape index (κ3) is 7.21. The molecule has 0 fully saturated rings. The maximum atomic E-state index is 12.0. The molecule has 0 aliphatic heterocycles. The zero-order valence-corrected chi connectivity index (χ0v) is 17.0. The summed E-state index contributed by atoms with van der Waals surface area (Å²) >= 11 is 7.25. The van der Waals surface area contributed by atoms with E-state index in [1.54, 1.807) is 29.6 Å². The number of benzene rings is 2. The van der Waals surface area contributed by atoms with Crippen LogP contribution in [0.15, 0.2) is 60.0 Å². The number of hydrogen-bond acceptors (Lipinski definition) is 6. The van der Waals surface area contributed by atoms with Crippen molar-refractivity contribution < 1.29 is 19.1 Å². The van der Waals surface area contributed by atoms with Crippen LogP contribution in [0.25, 0.3) is 0 Å². The van der Waals surface area contributed by atoms with Gasteiger partial charge < -0.3 is 14.8 Å². The lowest BCUT2D eigenvalue weighted by Crippen LogP contribution is -2.31. The smallest absolute Gasteiger partial charge is 0.325 e. The van der Waals surface area contributed by atoms with Crippen molar-refractivity contribution in [3.63, 3.8) is 0 Å². The molecule has 3 rings (SSSR count). The van der Waals surface area contributed by atoms with Crippen molar-refractivity contribution in [1.29, 1.82) is 0 Å². The molecule has 8 heteroatoms. The third-order valence-corrected chi connectivity index (χ3v) is 4.91. The minimum atomic E-state index is -0.488. The number of rotatable bonds is 9. The molecule has 1 aromatic heterocycles. The predicted molar refractivity (Wildman–Crippen MR) is 111 cm³/mol. The van der Waals surface area contributed by atoms with Crippen LogP contribution in [0.1, 0.15) is 16.3 Å². The molecule has 0 bridgehead atoms. The molecule has 0 saturated heterocycles. The Morgan fingerprint density at radius 2 is 1.79 bits per heavy atom. The number of ether oxygens (including phenoxy) is 2. The van der Waals surface area contributed by atoms with E-state index in [4.69, 9.17) is 21.1 Å². The molecule has 0 aliphatic rings. The average Bonchev–Trinajstić information content (AvgIpc) is 3.18. The van der Waals surface area contributed by atoms with E-state index in [9.17, 15) is 9.59 Å². The van der Waals surface area contributed by atoms with E-state index in [0.29, 0.717) is 23.1 Å². The van der Waals surface area contributed by atoms with Gasteiger partial charge >= 0.3 is 5.97 Å². The highest BCUT2D eigenvalue weighted by atomic mass is 35.5. The topological polar surface area (TPSA) is 77.5 Å². The second kappa shape index (κ2) is 10.6. The molecule has 3 aromatic rings. The van der Waals surface area contributed by atoms with Crippen molar-refractivity contribution in [2.24, 2.45) is 0 Å². The second-order valence-electron chi connectivity index (χ2n) is 6.07. The quantitative estimate of drug-likeness (QED) is 0.523. The van der Waals surface area contributed by atoms with E-state index in [-0.39, 0.29) is 25.5 Å². The van der Waals surface area contributed by atoms with Gasteiger partial charge in [-0.05, 0) is 29.8 Å². The summed E-state index contributed by atoms with van der Waals surface area (Å²) in [5.74, 6) is -0.0902.